The summed E-state index contributed by atoms with van der Waals surface area (Å²) in [5, 5.41) is 0.664. The molecule has 0 saturated carbocycles. The van der Waals surface area contributed by atoms with Crippen molar-refractivity contribution in [3.8, 4) is 0 Å². The van der Waals surface area contributed by atoms with Crippen molar-refractivity contribution in [3.05, 3.63) is 58.6 Å². The molecule has 1 fully saturated rings. The van der Waals surface area contributed by atoms with Gasteiger partial charge in [0.15, 0.2) is 0 Å². The van der Waals surface area contributed by atoms with E-state index in [0.29, 0.717) is 17.1 Å². The molecule has 3 atom stereocenters. The average Bonchev–Trinajstić information content (AvgIpc) is 2.71. The lowest BCUT2D eigenvalue weighted by atomic mass is 9.85. The van der Waals surface area contributed by atoms with Crippen molar-refractivity contribution >= 4 is 11.8 Å². The predicted octanol–water partition coefficient (Wildman–Crippen LogP) is 4.25. The molecule has 3 aliphatic rings. The monoisotopic (exact) mass is 228 g/mol. The maximum atomic E-state index is 2.38. The van der Waals surface area contributed by atoms with Crippen LogP contribution in [0.3, 0.4) is 0 Å². The minimum Gasteiger partial charge on any atom is -0.122 e. The molecule has 0 amide bonds. The molecule has 0 aromatic carbocycles. The van der Waals surface area contributed by atoms with Crippen LogP contribution in [0.5, 0.6) is 0 Å². The van der Waals surface area contributed by atoms with Gasteiger partial charge in [-0.3, -0.25) is 0 Å². The smallest absolute Gasteiger partial charge is 0.0352 e. The highest BCUT2D eigenvalue weighted by Gasteiger charge is 2.42. The van der Waals surface area contributed by atoms with Crippen molar-refractivity contribution in [1.82, 2.24) is 0 Å². The number of fused-ring (bicyclic) bond motifs is 3. The van der Waals surface area contributed by atoms with E-state index in [1.807, 2.05) is 11.8 Å². The van der Waals surface area contributed by atoms with Crippen molar-refractivity contribution in [1.29, 1.82) is 0 Å². The summed E-state index contributed by atoms with van der Waals surface area (Å²) in [6.07, 6.45) is 15.8. The first-order chi connectivity index (χ1) is 7.77. The van der Waals surface area contributed by atoms with Gasteiger partial charge in [-0.2, -0.15) is 0 Å². The van der Waals surface area contributed by atoms with Crippen LogP contribution >= 0.6 is 11.8 Å². The molecule has 0 N–H and O–H groups in total. The minimum absolute atomic E-state index is 0.602. The van der Waals surface area contributed by atoms with Gasteiger partial charge >= 0.3 is 0 Å². The molecule has 0 spiro atoms. The van der Waals surface area contributed by atoms with Crippen LogP contribution in [0.4, 0.5) is 0 Å². The number of rotatable bonds is 0. The number of thioether (sulfide) groups is 1. The van der Waals surface area contributed by atoms with E-state index in [2.05, 4.69) is 56.4 Å². The third kappa shape index (κ3) is 1.46. The van der Waals surface area contributed by atoms with Gasteiger partial charge < -0.3 is 0 Å². The zero-order valence-corrected chi connectivity index (χ0v) is 10.5. The fraction of sp³-hybridized carbons (Fsp3) is 0.333. The summed E-state index contributed by atoms with van der Waals surface area (Å²) in [4.78, 5) is 1.53. The van der Waals surface area contributed by atoms with Crippen molar-refractivity contribution in [2.45, 2.75) is 19.1 Å². The Kier molecular flexibility index (Phi) is 2.44. The lowest BCUT2D eigenvalue weighted by Crippen LogP contribution is -2.14. The molecule has 3 rings (SSSR count). The van der Waals surface area contributed by atoms with Gasteiger partial charge in [-0.15, -0.1) is 11.8 Å². The molecule has 82 valence electrons. The molecule has 0 bridgehead atoms. The summed E-state index contributed by atoms with van der Waals surface area (Å²) in [5.41, 5.74) is 3.02. The van der Waals surface area contributed by atoms with E-state index in [9.17, 15) is 0 Å². The Hall–Kier alpha value is -0.950. The van der Waals surface area contributed by atoms with Gasteiger partial charge in [-0.05, 0) is 24.3 Å². The molecule has 0 aromatic rings. The van der Waals surface area contributed by atoms with Crippen LogP contribution in [-0.4, -0.2) is 5.25 Å². The standard InChI is InChI=1S/C15H16S/c1-10(2)11-8-9-14-15(11)12-6-4-3-5-7-13(12)16-14/h3-9,12,14-15H,1-2H3/t12-,14-,15-/m1/s1. The number of hydrogen-bond donors (Lipinski definition) is 0. The first kappa shape index (κ1) is 10.2. The summed E-state index contributed by atoms with van der Waals surface area (Å²) in [6, 6.07) is 0. The van der Waals surface area contributed by atoms with Gasteiger partial charge in [0.05, 0.1) is 0 Å². The van der Waals surface area contributed by atoms with Crippen molar-refractivity contribution in [2.75, 3.05) is 0 Å². The molecule has 1 heteroatoms. The minimum atomic E-state index is 0.602. The highest BCUT2D eigenvalue weighted by molar-refractivity contribution is 8.04. The van der Waals surface area contributed by atoms with Gasteiger partial charge in [0.1, 0.15) is 0 Å². The van der Waals surface area contributed by atoms with Gasteiger partial charge in [-0.25, -0.2) is 0 Å². The van der Waals surface area contributed by atoms with Crippen LogP contribution < -0.4 is 0 Å². The van der Waals surface area contributed by atoms with E-state index >= 15 is 0 Å². The quantitative estimate of drug-likeness (QED) is 0.597. The Morgan fingerprint density at radius 1 is 1.12 bits per heavy atom. The molecule has 1 aliphatic heterocycles. The summed E-state index contributed by atoms with van der Waals surface area (Å²) in [5.74, 6) is 1.28. The first-order valence-electron chi connectivity index (χ1n) is 5.84. The maximum Gasteiger partial charge on any atom is 0.0352 e. The number of allylic oxidation sites excluding steroid dienone is 9. The Balaban J connectivity index is 2.04. The van der Waals surface area contributed by atoms with E-state index in [1.54, 1.807) is 5.57 Å². The second-order valence-electron chi connectivity index (χ2n) is 4.79. The molecule has 1 heterocycles. The van der Waals surface area contributed by atoms with E-state index in [4.69, 9.17) is 0 Å². The summed E-state index contributed by atoms with van der Waals surface area (Å²) >= 11 is 2.04. The highest BCUT2D eigenvalue weighted by atomic mass is 32.2. The molecule has 0 unspecified atom stereocenters. The normalized spacial score (nSPS) is 34.8. The number of hydrogen-bond acceptors (Lipinski definition) is 1. The Labute approximate surface area is 102 Å². The van der Waals surface area contributed by atoms with Crippen LogP contribution in [0.25, 0.3) is 0 Å². The summed E-state index contributed by atoms with van der Waals surface area (Å²) in [6.45, 7) is 4.46. The van der Waals surface area contributed by atoms with Crippen LogP contribution in [-0.2, 0) is 0 Å². The molecular formula is C15H16S. The van der Waals surface area contributed by atoms with Crippen molar-refractivity contribution in [3.63, 3.8) is 0 Å². The second-order valence-corrected chi connectivity index (χ2v) is 6.04. The van der Waals surface area contributed by atoms with Gasteiger partial charge in [-0.1, -0.05) is 48.1 Å². The van der Waals surface area contributed by atoms with Gasteiger partial charge in [0, 0.05) is 17.1 Å². The fourth-order valence-corrected chi connectivity index (χ4v) is 4.27. The molecule has 2 aliphatic carbocycles. The second kappa shape index (κ2) is 3.81. The molecule has 0 aromatic heterocycles. The Morgan fingerprint density at radius 2 is 2.00 bits per heavy atom. The highest BCUT2D eigenvalue weighted by Crippen LogP contribution is 2.54. The summed E-state index contributed by atoms with van der Waals surface area (Å²) in [7, 11) is 0. The van der Waals surface area contributed by atoms with Gasteiger partial charge in [0.2, 0.25) is 0 Å². The van der Waals surface area contributed by atoms with E-state index in [1.165, 1.54) is 10.5 Å². The van der Waals surface area contributed by atoms with E-state index in [0.717, 1.165) is 0 Å². The Morgan fingerprint density at radius 3 is 2.81 bits per heavy atom. The lowest BCUT2D eigenvalue weighted by Gasteiger charge is -2.18. The molecule has 0 nitrogen and oxygen atoms in total. The van der Waals surface area contributed by atoms with Crippen LogP contribution in [0.15, 0.2) is 58.6 Å². The summed E-state index contributed by atoms with van der Waals surface area (Å²) < 4.78 is 0. The SMILES string of the molecule is CC(C)=C1C=C[C@H]2SC3=CC=CC=C[C@H]3[C@@H]12. The molecule has 0 radical (unpaired) electrons. The van der Waals surface area contributed by atoms with Crippen LogP contribution in [0.2, 0.25) is 0 Å². The van der Waals surface area contributed by atoms with E-state index in [-0.39, 0.29) is 0 Å². The van der Waals surface area contributed by atoms with Crippen LogP contribution in [0, 0.1) is 11.8 Å². The third-order valence-corrected chi connectivity index (χ3v) is 4.95. The lowest BCUT2D eigenvalue weighted by molar-refractivity contribution is 0.583. The maximum absolute atomic E-state index is 2.38. The molecule has 16 heavy (non-hydrogen) atoms. The molecular weight excluding hydrogens is 212 g/mol. The predicted molar refractivity (Wildman–Crippen MR) is 72.2 cm³/mol. The average molecular weight is 228 g/mol. The first-order valence-corrected chi connectivity index (χ1v) is 6.72. The Bertz CT molecular complexity index is 456. The zero-order valence-electron chi connectivity index (χ0n) is 9.68. The topological polar surface area (TPSA) is 0 Å². The van der Waals surface area contributed by atoms with Crippen molar-refractivity contribution in [2.24, 2.45) is 11.8 Å². The molecule has 1 saturated heterocycles. The van der Waals surface area contributed by atoms with Crippen molar-refractivity contribution < 1.29 is 0 Å². The van der Waals surface area contributed by atoms with Crippen LogP contribution in [0.1, 0.15) is 13.8 Å². The third-order valence-electron chi connectivity index (χ3n) is 3.54. The zero-order chi connectivity index (χ0) is 11.1. The van der Waals surface area contributed by atoms with Gasteiger partial charge in [0.25, 0.3) is 0 Å². The fourth-order valence-electron chi connectivity index (χ4n) is 2.79. The largest absolute Gasteiger partial charge is 0.122 e. The van der Waals surface area contributed by atoms with E-state index < -0.39 is 0 Å².